The maximum atomic E-state index is 12.8. The summed E-state index contributed by atoms with van der Waals surface area (Å²) in [4.78, 5) is 15.0. The molecule has 0 aromatic heterocycles. The Hall–Kier alpha value is -1.98. The van der Waals surface area contributed by atoms with Crippen LogP contribution in [-0.4, -0.2) is 29.4 Å². The summed E-state index contributed by atoms with van der Waals surface area (Å²) in [6, 6.07) is 8.39. The molecule has 1 amide bonds. The quantitative estimate of drug-likeness (QED) is 0.841. The number of nitrogens with two attached hydrogens (primary N) is 1. The Labute approximate surface area is 165 Å². The van der Waals surface area contributed by atoms with Crippen molar-refractivity contribution in [2.24, 2.45) is 5.92 Å². The number of likely N-dealkylation sites (N-methyl/N-ethyl adjacent to an activating group) is 1. The van der Waals surface area contributed by atoms with Crippen LogP contribution in [0.1, 0.15) is 30.9 Å². The number of thioether (sulfide) groups is 1. The van der Waals surface area contributed by atoms with Gasteiger partial charge >= 0.3 is 0 Å². The van der Waals surface area contributed by atoms with Gasteiger partial charge in [0.25, 0.3) is 5.91 Å². The van der Waals surface area contributed by atoms with Crippen LogP contribution < -0.4 is 10.6 Å². The zero-order valence-electron chi connectivity index (χ0n) is 16.0. The number of nitrogens with one attached hydrogen (secondary N) is 1. The lowest BCUT2D eigenvalue weighted by Gasteiger charge is -2.29. The van der Waals surface area contributed by atoms with Gasteiger partial charge in [0, 0.05) is 19.0 Å². The van der Waals surface area contributed by atoms with E-state index in [9.17, 15) is 4.79 Å². The molecule has 0 saturated heterocycles. The van der Waals surface area contributed by atoms with Gasteiger partial charge in [-0.25, -0.2) is 0 Å². The van der Waals surface area contributed by atoms with Crippen LogP contribution in [0.2, 0.25) is 0 Å². The molecule has 4 nitrogen and oxygen atoms in total. The van der Waals surface area contributed by atoms with Gasteiger partial charge in [0.2, 0.25) is 0 Å². The molecule has 3 atom stereocenters. The van der Waals surface area contributed by atoms with Crippen molar-refractivity contribution < 1.29 is 10.1 Å². The number of allylic oxidation sites excluding steroid dienone is 3. The van der Waals surface area contributed by atoms with Crippen LogP contribution in [0, 0.1) is 5.92 Å². The molecule has 3 aliphatic rings. The molecule has 1 aromatic rings. The Morgan fingerprint density at radius 3 is 2.89 bits per heavy atom. The molecule has 1 aromatic carbocycles. The van der Waals surface area contributed by atoms with Gasteiger partial charge in [0.15, 0.2) is 11.5 Å². The number of benzene rings is 1. The zero-order chi connectivity index (χ0) is 18.8. The van der Waals surface area contributed by atoms with Gasteiger partial charge in [-0.2, -0.15) is 0 Å². The summed E-state index contributed by atoms with van der Waals surface area (Å²) >= 11 is 1.68. The molecule has 0 radical (unpaired) electrons. The number of fused-ring (bicyclic) bond motifs is 1. The normalized spacial score (nSPS) is 27.0. The Morgan fingerprint density at radius 1 is 1.33 bits per heavy atom. The smallest absolute Gasteiger partial charge is 0.280 e. The molecule has 27 heavy (non-hydrogen) atoms. The van der Waals surface area contributed by atoms with Crippen LogP contribution in [0.3, 0.4) is 0 Å². The minimum absolute atomic E-state index is 0.0312. The van der Waals surface area contributed by atoms with Crippen molar-refractivity contribution in [2.75, 3.05) is 7.05 Å². The first kappa shape index (κ1) is 18.4. The van der Waals surface area contributed by atoms with Crippen molar-refractivity contribution in [3.8, 4) is 0 Å². The standard InChI is InChI=1S/C22H27N3OS/c1-3-15-8-10-16(11-9-15)20-14-27-22(25(20)2)24-21(26)19-12-17-6-4-5-7-18(17)13-23-19/h4-8,10-11,14-15,19,22-23H,3,9,12-13H2,1-2H3,(H,24,26)/p+1. The van der Waals surface area contributed by atoms with Gasteiger partial charge in [0.1, 0.15) is 6.54 Å². The molecule has 142 valence electrons. The number of amides is 1. The van der Waals surface area contributed by atoms with Crippen molar-refractivity contribution in [3.05, 3.63) is 70.3 Å². The van der Waals surface area contributed by atoms with Crippen molar-refractivity contribution in [3.63, 3.8) is 0 Å². The molecule has 4 rings (SSSR count). The molecular formula is C22H28N3OS+. The van der Waals surface area contributed by atoms with E-state index in [1.807, 2.05) is 0 Å². The van der Waals surface area contributed by atoms with Gasteiger partial charge in [-0.3, -0.25) is 4.79 Å². The number of carbonyl (C=O) groups excluding carboxylic acids is 1. The van der Waals surface area contributed by atoms with Crippen LogP contribution in [0.15, 0.2) is 59.2 Å². The second kappa shape index (κ2) is 7.95. The van der Waals surface area contributed by atoms with E-state index in [4.69, 9.17) is 0 Å². The molecule has 3 unspecified atom stereocenters. The zero-order valence-corrected chi connectivity index (χ0v) is 16.8. The predicted octanol–water partition coefficient (Wildman–Crippen LogP) is 2.51. The van der Waals surface area contributed by atoms with E-state index in [0.717, 1.165) is 19.4 Å². The van der Waals surface area contributed by atoms with Crippen LogP contribution in [0.5, 0.6) is 0 Å². The third-order valence-electron chi connectivity index (χ3n) is 5.83. The highest BCUT2D eigenvalue weighted by molar-refractivity contribution is 8.02. The summed E-state index contributed by atoms with van der Waals surface area (Å²) in [7, 11) is 2.07. The summed E-state index contributed by atoms with van der Waals surface area (Å²) in [5.74, 6) is 0.789. The summed E-state index contributed by atoms with van der Waals surface area (Å²) in [6.07, 6.45) is 9.96. The number of nitrogens with zero attached hydrogens (tertiary/aromatic N) is 1. The average molecular weight is 383 g/mol. The highest BCUT2D eigenvalue weighted by atomic mass is 32.2. The number of hydrogen-bond donors (Lipinski definition) is 2. The number of quaternary nitrogens is 1. The third-order valence-corrected chi connectivity index (χ3v) is 6.88. The fraction of sp³-hybridized carbons (Fsp3) is 0.409. The lowest BCUT2D eigenvalue weighted by atomic mass is 9.93. The summed E-state index contributed by atoms with van der Waals surface area (Å²) < 4.78 is 0. The third kappa shape index (κ3) is 3.85. The lowest BCUT2D eigenvalue weighted by Crippen LogP contribution is -2.93. The largest absolute Gasteiger partial charge is 0.345 e. The summed E-state index contributed by atoms with van der Waals surface area (Å²) in [6.45, 7) is 3.11. The maximum Gasteiger partial charge on any atom is 0.280 e. The Kier molecular flexibility index (Phi) is 5.41. The van der Waals surface area contributed by atoms with Gasteiger partial charge in [-0.05, 0) is 35.3 Å². The second-order valence-electron chi connectivity index (χ2n) is 7.55. The summed E-state index contributed by atoms with van der Waals surface area (Å²) in [5, 5.41) is 7.56. The molecule has 0 saturated carbocycles. The number of hydrogen-bond acceptors (Lipinski definition) is 3. The van der Waals surface area contributed by atoms with Crippen LogP contribution in [-0.2, 0) is 17.8 Å². The molecule has 5 heteroatoms. The fourth-order valence-corrected chi connectivity index (χ4v) is 5.00. The Morgan fingerprint density at radius 2 is 2.15 bits per heavy atom. The van der Waals surface area contributed by atoms with E-state index in [1.54, 1.807) is 11.8 Å². The first-order valence-electron chi connectivity index (χ1n) is 9.83. The second-order valence-corrected chi connectivity index (χ2v) is 8.51. The van der Waals surface area contributed by atoms with Crippen molar-refractivity contribution in [1.82, 2.24) is 10.2 Å². The molecule has 2 aliphatic heterocycles. The van der Waals surface area contributed by atoms with E-state index in [-0.39, 0.29) is 17.4 Å². The van der Waals surface area contributed by atoms with E-state index >= 15 is 0 Å². The van der Waals surface area contributed by atoms with E-state index in [1.165, 1.54) is 28.8 Å². The van der Waals surface area contributed by atoms with E-state index < -0.39 is 0 Å². The van der Waals surface area contributed by atoms with E-state index in [0.29, 0.717) is 5.92 Å². The van der Waals surface area contributed by atoms with Gasteiger partial charge in [0.05, 0.1) is 5.70 Å². The van der Waals surface area contributed by atoms with Crippen LogP contribution >= 0.6 is 11.8 Å². The van der Waals surface area contributed by atoms with Crippen LogP contribution in [0.4, 0.5) is 0 Å². The monoisotopic (exact) mass is 382 g/mol. The Balaban J connectivity index is 1.35. The number of rotatable bonds is 4. The molecule has 0 spiro atoms. The first-order valence-corrected chi connectivity index (χ1v) is 10.8. The van der Waals surface area contributed by atoms with Crippen molar-refractivity contribution >= 4 is 17.7 Å². The minimum Gasteiger partial charge on any atom is -0.345 e. The van der Waals surface area contributed by atoms with E-state index in [2.05, 4.69) is 77.4 Å². The van der Waals surface area contributed by atoms with Crippen molar-refractivity contribution in [1.29, 1.82) is 0 Å². The van der Waals surface area contributed by atoms with Crippen molar-refractivity contribution in [2.45, 2.75) is 44.3 Å². The topological polar surface area (TPSA) is 49.0 Å². The van der Waals surface area contributed by atoms with Gasteiger partial charge in [-0.1, -0.05) is 61.2 Å². The Bertz CT molecular complexity index is 814. The minimum atomic E-state index is -0.0444. The highest BCUT2D eigenvalue weighted by Gasteiger charge is 2.32. The molecule has 1 aliphatic carbocycles. The SMILES string of the molecule is CCC1C=CC(C2=CSC(NC(=O)C3Cc4ccccc4C[NH2+]3)N2C)=CC1. The first-order chi connectivity index (χ1) is 13.2. The fourth-order valence-electron chi connectivity index (χ4n) is 3.96. The molecule has 0 fully saturated rings. The van der Waals surface area contributed by atoms with Crippen LogP contribution in [0.25, 0.3) is 0 Å². The predicted molar refractivity (Wildman–Crippen MR) is 111 cm³/mol. The molecule has 2 heterocycles. The lowest BCUT2D eigenvalue weighted by molar-refractivity contribution is -0.695. The molecule has 0 bridgehead atoms. The molecule has 3 N–H and O–H groups in total. The van der Waals surface area contributed by atoms with Gasteiger partial charge in [-0.15, -0.1) is 0 Å². The number of carbonyl (C=O) groups is 1. The summed E-state index contributed by atoms with van der Waals surface area (Å²) in [5.41, 5.74) is 5.09. The molecular weight excluding hydrogens is 354 g/mol. The van der Waals surface area contributed by atoms with Gasteiger partial charge < -0.3 is 15.5 Å². The average Bonchev–Trinajstić information content (AvgIpc) is 3.08. The maximum absolute atomic E-state index is 12.8. The highest BCUT2D eigenvalue weighted by Crippen LogP contribution is 2.34.